The molecule has 156 valence electrons. The quantitative estimate of drug-likeness (QED) is 0.634. The van der Waals surface area contributed by atoms with E-state index < -0.39 is 6.04 Å². The average molecular weight is 442 g/mol. The fraction of sp³-hybridized carbons (Fsp3) is 0.381. The Labute approximate surface area is 182 Å². The van der Waals surface area contributed by atoms with Crippen LogP contribution in [0.1, 0.15) is 34.6 Å². The zero-order chi connectivity index (χ0) is 20.7. The first kappa shape index (κ1) is 19.5. The highest BCUT2D eigenvalue weighted by atomic mass is 32.1. The molecule has 2 aliphatic rings. The molecule has 9 heteroatoms. The van der Waals surface area contributed by atoms with Crippen LogP contribution in [0.3, 0.4) is 0 Å². The van der Waals surface area contributed by atoms with Crippen molar-refractivity contribution in [1.29, 1.82) is 0 Å². The van der Waals surface area contributed by atoms with Crippen molar-refractivity contribution < 1.29 is 4.79 Å². The Bertz CT molecular complexity index is 1110. The monoisotopic (exact) mass is 441 g/mol. The van der Waals surface area contributed by atoms with Crippen LogP contribution in [0.5, 0.6) is 0 Å². The Morgan fingerprint density at radius 3 is 2.90 bits per heavy atom. The van der Waals surface area contributed by atoms with Gasteiger partial charge in [-0.25, -0.2) is 4.98 Å². The molecule has 0 aliphatic carbocycles. The van der Waals surface area contributed by atoms with Gasteiger partial charge in [-0.2, -0.15) is 0 Å². The minimum Gasteiger partial charge on any atom is -0.375 e. The van der Waals surface area contributed by atoms with Gasteiger partial charge in [0.1, 0.15) is 6.04 Å². The number of pyridine rings is 1. The highest BCUT2D eigenvalue weighted by molar-refractivity contribution is 7.13. The van der Waals surface area contributed by atoms with E-state index in [9.17, 15) is 9.59 Å². The van der Waals surface area contributed by atoms with Crippen molar-refractivity contribution in [1.82, 2.24) is 19.8 Å². The molecule has 2 aliphatic heterocycles. The highest BCUT2D eigenvalue weighted by Crippen LogP contribution is 2.41. The molecule has 30 heavy (non-hydrogen) atoms. The lowest BCUT2D eigenvalue weighted by Crippen LogP contribution is -2.53. The maximum Gasteiger partial charge on any atom is 0.251 e. The van der Waals surface area contributed by atoms with Gasteiger partial charge in [-0.3, -0.25) is 19.1 Å². The number of anilines is 1. The molecule has 0 aromatic carbocycles. The first-order valence-corrected chi connectivity index (χ1v) is 11.8. The van der Waals surface area contributed by atoms with E-state index in [0.29, 0.717) is 11.7 Å². The van der Waals surface area contributed by atoms with Crippen molar-refractivity contribution >= 4 is 33.7 Å². The van der Waals surface area contributed by atoms with E-state index in [2.05, 4.69) is 32.7 Å². The summed E-state index contributed by atoms with van der Waals surface area (Å²) in [5.74, 6) is 0.231. The molecule has 3 N–H and O–H groups in total. The summed E-state index contributed by atoms with van der Waals surface area (Å²) in [6, 6.07) is 9.07. The number of hydrogen-bond acceptors (Lipinski definition) is 7. The van der Waals surface area contributed by atoms with Gasteiger partial charge in [-0.1, -0.05) is 12.1 Å². The first-order valence-electron chi connectivity index (χ1n) is 10.0. The van der Waals surface area contributed by atoms with Crippen LogP contribution >= 0.6 is 22.7 Å². The van der Waals surface area contributed by atoms with E-state index in [1.807, 2.05) is 11.4 Å². The van der Waals surface area contributed by atoms with E-state index in [-0.39, 0.29) is 23.3 Å². The number of hydrogen-bond donors (Lipinski definition) is 2. The standard InChI is InChI=1S/C21H23N5O2S2/c22-21-24-15(12-30-21)8-23-20(28)19-14-7-13(17-4-1-5-18(27)26(17)19)9-25(10-14)11-16-3-2-6-29-16/h1-6,12-14,19H,7-11H2,(H2,22,24)(H,23,28)/t13-,14+,19-/m1/s1. The van der Waals surface area contributed by atoms with Crippen LogP contribution in [0.25, 0.3) is 0 Å². The van der Waals surface area contributed by atoms with E-state index in [0.717, 1.165) is 37.4 Å². The summed E-state index contributed by atoms with van der Waals surface area (Å²) in [5.41, 5.74) is 7.29. The third-order valence-corrected chi connectivity index (χ3v) is 7.55. The van der Waals surface area contributed by atoms with Crippen molar-refractivity contribution in [2.75, 3.05) is 18.8 Å². The molecule has 0 unspecified atom stereocenters. The molecule has 3 atom stereocenters. The van der Waals surface area contributed by atoms with E-state index in [1.54, 1.807) is 28.0 Å². The summed E-state index contributed by atoms with van der Waals surface area (Å²) < 4.78 is 1.73. The third kappa shape index (κ3) is 3.68. The third-order valence-electron chi connectivity index (χ3n) is 5.96. The minimum absolute atomic E-state index is 0.0943. The summed E-state index contributed by atoms with van der Waals surface area (Å²) >= 11 is 3.11. The number of piperidine rings is 1. The number of nitrogens with two attached hydrogens (primary N) is 1. The number of nitrogen functional groups attached to an aromatic ring is 1. The second-order valence-corrected chi connectivity index (χ2v) is 9.89. The lowest BCUT2D eigenvalue weighted by molar-refractivity contribution is -0.128. The molecule has 1 saturated heterocycles. The van der Waals surface area contributed by atoms with Crippen LogP contribution in [0, 0.1) is 5.92 Å². The Kier molecular flexibility index (Phi) is 5.18. The number of amides is 1. The van der Waals surface area contributed by atoms with E-state index in [1.165, 1.54) is 16.2 Å². The van der Waals surface area contributed by atoms with Crippen LogP contribution in [-0.4, -0.2) is 33.4 Å². The van der Waals surface area contributed by atoms with Gasteiger partial charge in [0, 0.05) is 53.5 Å². The number of fused-ring (bicyclic) bond motifs is 4. The lowest BCUT2D eigenvalue weighted by atomic mass is 9.78. The van der Waals surface area contributed by atoms with Gasteiger partial charge in [0.15, 0.2) is 5.13 Å². The van der Waals surface area contributed by atoms with Crippen LogP contribution < -0.4 is 16.6 Å². The zero-order valence-corrected chi connectivity index (χ0v) is 18.0. The maximum atomic E-state index is 13.3. The molecule has 1 amide bonds. The molecule has 7 nitrogen and oxygen atoms in total. The molecule has 3 aromatic heterocycles. The lowest BCUT2D eigenvalue weighted by Gasteiger charge is -2.46. The summed E-state index contributed by atoms with van der Waals surface area (Å²) in [4.78, 5) is 34.0. The predicted octanol–water partition coefficient (Wildman–Crippen LogP) is 2.43. The predicted molar refractivity (Wildman–Crippen MR) is 119 cm³/mol. The molecule has 0 spiro atoms. The molecule has 2 bridgehead atoms. The maximum absolute atomic E-state index is 13.3. The van der Waals surface area contributed by atoms with Gasteiger partial charge in [0.2, 0.25) is 5.91 Å². The van der Waals surface area contributed by atoms with Crippen molar-refractivity contribution in [3.05, 3.63) is 67.7 Å². The normalized spacial score (nSPS) is 23.1. The summed E-state index contributed by atoms with van der Waals surface area (Å²) in [5, 5.41) is 7.41. The average Bonchev–Trinajstić information content (AvgIpc) is 3.39. The highest BCUT2D eigenvalue weighted by Gasteiger charge is 2.43. The van der Waals surface area contributed by atoms with Crippen molar-refractivity contribution in [3.8, 4) is 0 Å². The van der Waals surface area contributed by atoms with Crippen molar-refractivity contribution in [2.24, 2.45) is 5.92 Å². The Balaban J connectivity index is 1.42. The topological polar surface area (TPSA) is 93.2 Å². The molecule has 5 heterocycles. The van der Waals surface area contributed by atoms with Crippen LogP contribution in [0.2, 0.25) is 0 Å². The second kappa shape index (κ2) is 7.98. The largest absolute Gasteiger partial charge is 0.375 e. The molecule has 5 rings (SSSR count). The first-order chi connectivity index (χ1) is 14.6. The number of likely N-dealkylation sites (tertiary alicyclic amines) is 1. The number of thiazole rings is 1. The molecule has 0 radical (unpaired) electrons. The van der Waals surface area contributed by atoms with Crippen molar-refractivity contribution in [2.45, 2.75) is 31.5 Å². The van der Waals surface area contributed by atoms with Gasteiger partial charge >= 0.3 is 0 Å². The Hall–Kier alpha value is -2.49. The van der Waals surface area contributed by atoms with Crippen LogP contribution in [0.4, 0.5) is 5.13 Å². The van der Waals surface area contributed by atoms with Gasteiger partial charge in [-0.05, 0) is 23.9 Å². The van der Waals surface area contributed by atoms with E-state index >= 15 is 0 Å². The van der Waals surface area contributed by atoms with Gasteiger partial charge in [-0.15, -0.1) is 22.7 Å². The van der Waals surface area contributed by atoms with Gasteiger partial charge in [0.25, 0.3) is 5.56 Å². The minimum atomic E-state index is -0.507. The number of carbonyl (C=O) groups excluding carboxylic acids is 1. The zero-order valence-electron chi connectivity index (χ0n) is 16.4. The fourth-order valence-corrected chi connectivity index (χ4v) is 6.11. The van der Waals surface area contributed by atoms with Crippen LogP contribution in [-0.2, 0) is 17.9 Å². The summed E-state index contributed by atoms with van der Waals surface area (Å²) in [6.45, 7) is 2.91. The summed E-state index contributed by atoms with van der Waals surface area (Å²) in [7, 11) is 0. The smallest absolute Gasteiger partial charge is 0.251 e. The molecular formula is C21H23N5O2S2. The summed E-state index contributed by atoms with van der Waals surface area (Å²) in [6.07, 6.45) is 0.923. The SMILES string of the molecule is Nc1nc(CNC(=O)[C@H]2[C@H]3C[C@H](CN(Cc4cccs4)C3)c3cccc(=O)n32)cs1. The number of carbonyl (C=O) groups is 1. The molecular weight excluding hydrogens is 418 g/mol. The molecule has 0 saturated carbocycles. The number of nitrogens with zero attached hydrogens (tertiary/aromatic N) is 3. The molecule has 3 aromatic rings. The van der Waals surface area contributed by atoms with Gasteiger partial charge < -0.3 is 11.1 Å². The Morgan fingerprint density at radius 2 is 2.13 bits per heavy atom. The van der Waals surface area contributed by atoms with Crippen molar-refractivity contribution in [3.63, 3.8) is 0 Å². The second-order valence-electron chi connectivity index (χ2n) is 7.96. The molecule has 1 fully saturated rings. The van der Waals surface area contributed by atoms with E-state index in [4.69, 9.17) is 5.73 Å². The fourth-order valence-electron chi connectivity index (χ4n) is 4.80. The Morgan fingerprint density at radius 1 is 1.23 bits per heavy atom. The number of thiophene rings is 1. The number of nitrogens with one attached hydrogen (secondary N) is 1. The van der Waals surface area contributed by atoms with Gasteiger partial charge in [0.05, 0.1) is 12.2 Å². The van der Waals surface area contributed by atoms with Crippen LogP contribution in [0.15, 0.2) is 45.9 Å². The number of rotatable bonds is 5. The number of aromatic nitrogens is 2.